The molecule has 1 N–H and O–H groups in total. The number of nitrogens with zero attached hydrogens (tertiary/aromatic N) is 5. The number of oxazole rings is 1. The van der Waals surface area contributed by atoms with Crippen LogP contribution in [0.1, 0.15) is 11.6 Å². The molecule has 0 spiro atoms. The fourth-order valence-corrected chi connectivity index (χ4v) is 3.85. The van der Waals surface area contributed by atoms with Crippen LogP contribution in [0.5, 0.6) is 5.88 Å². The quantitative estimate of drug-likeness (QED) is 0.381. The van der Waals surface area contributed by atoms with Gasteiger partial charge in [-0.15, -0.1) is 0 Å². The zero-order chi connectivity index (χ0) is 24.3. The molecule has 1 amide bonds. The molecule has 0 saturated carbocycles. The van der Waals surface area contributed by atoms with Crippen LogP contribution in [0, 0.1) is 0 Å². The predicted molar refractivity (Wildman–Crippen MR) is 126 cm³/mol. The molecule has 5 aromatic heterocycles. The Bertz CT molecular complexity index is 1470. The van der Waals surface area contributed by atoms with Gasteiger partial charge in [0.15, 0.2) is 0 Å². The minimum atomic E-state index is -1.76. The fourth-order valence-electron chi connectivity index (χ4n) is 3.85. The first-order valence-electron chi connectivity index (χ1n) is 10.6. The van der Waals surface area contributed by atoms with E-state index in [0.717, 1.165) is 16.5 Å². The Morgan fingerprint density at radius 3 is 2.60 bits per heavy atom. The molecule has 0 fully saturated rings. The van der Waals surface area contributed by atoms with Gasteiger partial charge in [-0.1, -0.05) is 6.07 Å². The summed E-state index contributed by atoms with van der Waals surface area (Å²) in [6, 6.07) is 10.6. The number of fused-ring (bicyclic) bond motifs is 1. The second-order valence-corrected chi connectivity index (χ2v) is 7.43. The highest BCUT2D eigenvalue weighted by molar-refractivity contribution is 6.01. The van der Waals surface area contributed by atoms with Crippen molar-refractivity contribution in [2.24, 2.45) is 0 Å². The highest BCUT2D eigenvalue weighted by atomic mass is 16.5. The molecule has 0 aliphatic rings. The second kappa shape index (κ2) is 9.27. The molecule has 0 aromatic carbocycles. The van der Waals surface area contributed by atoms with Crippen molar-refractivity contribution in [1.82, 2.24) is 24.9 Å². The first-order valence-corrected chi connectivity index (χ1v) is 10.6. The standard InChI is InChI=1S/C25H20N6O4/c1-33-22-19(12-17(14-30-22)18-15-26-13-16-6-5-9-28-21(16)18)31-23(32)25(34-2,24-29-10-11-35-24)20-7-3-4-8-27-20/h3-15H,1-2H3,(H,31,32)/t25-/m1/s1. The summed E-state index contributed by atoms with van der Waals surface area (Å²) in [7, 11) is 2.85. The first kappa shape index (κ1) is 22.1. The van der Waals surface area contributed by atoms with E-state index in [1.807, 2.05) is 12.1 Å². The number of aromatic nitrogens is 5. The van der Waals surface area contributed by atoms with Crippen molar-refractivity contribution in [3.05, 3.63) is 91.4 Å². The summed E-state index contributed by atoms with van der Waals surface area (Å²) >= 11 is 0. The summed E-state index contributed by atoms with van der Waals surface area (Å²) in [6.07, 6.45) is 11.1. The van der Waals surface area contributed by atoms with Crippen LogP contribution < -0.4 is 10.1 Å². The molecular weight excluding hydrogens is 448 g/mol. The van der Waals surface area contributed by atoms with Gasteiger partial charge in [0, 0.05) is 54.6 Å². The number of pyridine rings is 4. The zero-order valence-electron chi connectivity index (χ0n) is 18.9. The summed E-state index contributed by atoms with van der Waals surface area (Å²) < 4.78 is 16.7. The van der Waals surface area contributed by atoms with Gasteiger partial charge in [0.1, 0.15) is 12.0 Å². The van der Waals surface area contributed by atoms with Gasteiger partial charge in [-0.25, -0.2) is 9.97 Å². The normalized spacial score (nSPS) is 12.7. The third-order valence-electron chi connectivity index (χ3n) is 5.50. The van der Waals surface area contributed by atoms with Gasteiger partial charge in [-0.3, -0.25) is 19.7 Å². The Labute approximate surface area is 200 Å². The van der Waals surface area contributed by atoms with E-state index >= 15 is 0 Å². The maximum atomic E-state index is 13.8. The number of ether oxygens (including phenoxy) is 2. The lowest BCUT2D eigenvalue weighted by Gasteiger charge is -2.27. The van der Waals surface area contributed by atoms with Crippen molar-refractivity contribution in [3.63, 3.8) is 0 Å². The number of nitrogens with one attached hydrogen (secondary N) is 1. The summed E-state index contributed by atoms with van der Waals surface area (Å²) in [6.45, 7) is 0. The largest absolute Gasteiger partial charge is 0.480 e. The minimum absolute atomic E-state index is 0.0294. The van der Waals surface area contributed by atoms with E-state index in [1.165, 1.54) is 26.7 Å². The summed E-state index contributed by atoms with van der Waals surface area (Å²) in [5.41, 5.74) is 1.05. The smallest absolute Gasteiger partial charge is 0.272 e. The number of amides is 1. The number of anilines is 1. The van der Waals surface area contributed by atoms with Crippen molar-refractivity contribution >= 4 is 22.5 Å². The molecule has 174 valence electrons. The van der Waals surface area contributed by atoms with Gasteiger partial charge in [0.2, 0.25) is 11.8 Å². The molecule has 5 heterocycles. The number of carbonyl (C=O) groups excluding carboxylic acids is 1. The van der Waals surface area contributed by atoms with Gasteiger partial charge < -0.3 is 19.2 Å². The van der Waals surface area contributed by atoms with Crippen molar-refractivity contribution in [2.45, 2.75) is 5.60 Å². The van der Waals surface area contributed by atoms with E-state index in [-0.39, 0.29) is 11.8 Å². The van der Waals surface area contributed by atoms with Crippen molar-refractivity contribution in [2.75, 3.05) is 19.5 Å². The second-order valence-electron chi connectivity index (χ2n) is 7.43. The summed E-state index contributed by atoms with van der Waals surface area (Å²) in [5, 5.41) is 3.74. The van der Waals surface area contributed by atoms with Gasteiger partial charge in [0.25, 0.3) is 11.5 Å². The van der Waals surface area contributed by atoms with E-state index in [0.29, 0.717) is 16.9 Å². The minimum Gasteiger partial charge on any atom is -0.480 e. The van der Waals surface area contributed by atoms with Gasteiger partial charge >= 0.3 is 0 Å². The number of carbonyl (C=O) groups is 1. The maximum Gasteiger partial charge on any atom is 0.272 e. The number of rotatable bonds is 7. The van der Waals surface area contributed by atoms with Crippen LogP contribution in [-0.4, -0.2) is 45.0 Å². The monoisotopic (exact) mass is 468 g/mol. The Morgan fingerprint density at radius 2 is 1.86 bits per heavy atom. The average molecular weight is 468 g/mol. The Balaban J connectivity index is 1.60. The van der Waals surface area contributed by atoms with Crippen LogP contribution in [0.4, 0.5) is 5.69 Å². The predicted octanol–water partition coefficient (Wildman–Crippen LogP) is 3.61. The molecule has 35 heavy (non-hydrogen) atoms. The average Bonchev–Trinajstić information content (AvgIpc) is 3.45. The number of methoxy groups -OCH3 is 2. The van der Waals surface area contributed by atoms with Crippen molar-refractivity contribution < 1.29 is 18.7 Å². The molecule has 0 bridgehead atoms. The molecule has 0 unspecified atom stereocenters. The third-order valence-corrected chi connectivity index (χ3v) is 5.50. The molecular formula is C25H20N6O4. The molecule has 0 saturated heterocycles. The Hall–Kier alpha value is -4.70. The number of hydrogen-bond acceptors (Lipinski definition) is 9. The topological polar surface area (TPSA) is 125 Å². The third kappa shape index (κ3) is 3.85. The van der Waals surface area contributed by atoms with Crippen LogP contribution >= 0.6 is 0 Å². The first-order chi connectivity index (χ1) is 17.2. The highest BCUT2D eigenvalue weighted by Gasteiger charge is 2.48. The molecule has 0 aliphatic heterocycles. The van der Waals surface area contributed by atoms with Crippen LogP contribution in [0.25, 0.3) is 22.0 Å². The fraction of sp³-hybridized carbons (Fsp3) is 0.120. The molecule has 5 rings (SSSR count). The maximum absolute atomic E-state index is 13.8. The molecule has 1 atom stereocenters. The summed E-state index contributed by atoms with van der Waals surface area (Å²) in [4.78, 5) is 35.5. The van der Waals surface area contributed by atoms with E-state index < -0.39 is 11.5 Å². The lowest BCUT2D eigenvalue weighted by Crippen LogP contribution is -2.44. The van der Waals surface area contributed by atoms with E-state index in [4.69, 9.17) is 13.9 Å². The summed E-state index contributed by atoms with van der Waals surface area (Å²) in [5.74, 6) is -0.351. The van der Waals surface area contributed by atoms with Gasteiger partial charge in [-0.05, 0) is 30.3 Å². The zero-order valence-corrected chi connectivity index (χ0v) is 18.9. The lowest BCUT2D eigenvalue weighted by molar-refractivity contribution is -0.136. The van der Waals surface area contributed by atoms with Crippen molar-refractivity contribution in [1.29, 1.82) is 0 Å². The number of hydrogen-bond donors (Lipinski definition) is 1. The lowest BCUT2D eigenvalue weighted by atomic mass is 9.96. The highest BCUT2D eigenvalue weighted by Crippen LogP contribution is 2.35. The van der Waals surface area contributed by atoms with Crippen LogP contribution in [0.15, 0.2) is 84.3 Å². The Kier molecular flexibility index (Phi) is 5.86. The van der Waals surface area contributed by atoms with E-state index in [9.17, 15) is 4.79 Å². The van der Waals surface area contributed by atoms with E-state index in [2.05, 4.69) is 30.2 Å². The Morgan fingerprint density at radius 1 is 0.971 bits per heavy atom. The van der Waals surface area contributed by atoms with Crippen LogP contribution in [0.3, 0.4) is 0 Å². The molecule has 10 heteroatoms. The molecule has 0 radical (unpaired) electrons. The van der Waals surface area contributed by atoms with Crippen LogP contribution in [-0.2, 0) is 15.1 Å². The SMILES string of the molecule is COc1ncc(-c2cncc3cccnc23)cc1NC(=O)[C@](OC)(c1ccccn1)c1ncco1. The van der Waals surface area contributed by atoms with Crippen LogP contribution in [0.2, 0.25) is 0 Å². The molecule has 5 aromatic rings. The van der Waals surface area contributed by atoms with E-state index in [1.54, 1.807) is 55.2 Å². The van der Waals surface area contributed by atoms with Crippen molar-refractivity contribution in [3.8, 4) is 17.0 Å². The molecule has 10 nitrogen and oxygen atoms in total. The molecule has 0 aliphatic carbocycles. The van der Waals surface area contributed by atoms with Gasteiger partial charge in [0.05, 0.1) is 24.5 Å². The van der Waals surface area contributed by atoms with Gasteiger partial charge in [-0.2, -0.15) is 0 Å².